The zero-order valence-electron chi connectivity index (χ0n) is 11.1. The molecular weight excluding hydrogens is 210 g/mol. The predicted molar refractivity (Wildman–Crippen MR) is 74.2 cm³/mol. The van der Waals surface area contributed by atoms with E-state index in [1.807, 2.05) is 6.08 Å². The topological polar surface area (TPSA) is 42.1 Å². The van der Waals surface area contributed by atoms with Crippen molar-refractivity contribution in [1.29, 1.82) is 0 Å². The Bertz CT molecular complexity index is 349. The average Bonchev–Trinajstić information content (AvgIpc) is 2.34. The third-order valence-electron chi connectivity index (χ3n) is 2.77. The molecule has 0 aliphatic carbocycles. The van der Waals surface area contributed by atoms with Crippen LogP contribution in [0.1, 0.15) is 32.0 Å². The molecule has 0 saturated carbocycles. The normalized spacial score (nSPS) is 10.6. The number of rotatable bonds is 6. The number of nitrogens with zero attached hydrogens (tertiary/aromatic N) is 2. The molecule has 0 unspecified atom stereocenters. The van der Waals surface area contributed by atoms with Crippen molar-refractivity contribution in [3.05, 3.63) is 36.0 Å². The van der Waals surface area contributed by atoms with Crippen molar-refractivity contribution >= 4 is 5.82 Å². The fourth-order valence-electron chi connectivity index (χ4n) is 1.79. The van der Waals surface area contributed by atoms with Crippen LogP contribution in [0, 0.1) is 0 Å². The summed E-state index contributed by atoms with van der Waals surface area (Å²) in [5.74, 6) is 1.000. The molecule has 3 heteroatoms. The van der Waals surface area contributed by atoms with Gasteiger partial charge in [-0.25, -0.2) is 4.98 Å². The quantitative estimate of drug-likeness (QED) is 0.768. The van der Waals surface area contributed by atoms with Crippen LogP contribution < -0.4 is 10.6 Å². The highest BCUT2D eigenvalue weighted by molar-refractivity contribution is 5.44. The van der Waals surface area contributed by atoms with Crippen LogP contribution >= 0.6 is 0 Å². The van der Waals surface area contributed by atoms with Crippen molar-refractivity contribution in [2.75, 3.05) is 11.4 Å². The molecular formula is C14H23N3. The Morgan fingerprint density at radius 1 is 1.47 bits per heavy atom. The van der Waals surface area contributed by atoms with E-state index in [2.05, 4.69) is 49.4 Å². The molecule has 1 aromatic rings. The zero-order valence-corrected chi connectivity index (χ0v) is 11.1. The highest BCUT2D eigenvalue weighted by atomic mass is 15.2. The van der Waals surface area contributed by atoms with Gasteiger partial charge in [-0.2, -0.15) is 0 Å². The second-order valence-electron chi connectivity index (χ2n) is 4.42. The molecule has 0 bridgehead atoms. The first-order valence-electron chi connectivity index (χ1n) is 6.19. The van der Waals surface area contributed by atoms with Crippen molar-refractivity contribution in [3.8, 4) is 0 Å². The minimum Gasteiger partial charge on any atom is -0.350 e. The summed E-state index contributed by atoms with van der Waals surface area (Å²) in [7, 11) is 0. The Morgan fingerprint density at radius 3 is 2.65 bits per heavy atom. The number of aryl methyl sites for hydroxylation is 1. The van der Waals surface area contributed by atoms with Crippen LogP contribution in [0.2, 0.25) is 0 Å². The van der Waals surface area contributed by atoms with Gasteiger partial charge in [0.1, 0.15) is 5.82 Å². The number of pyridine rings is 1. The lowest BCUT2D eigenvalue weighted by Gasteiger charge is -2.27. The number of aromatic nitrogens is 1. The smallest absolute Gasteiger partial charge is 0.129 e. The minimum atomic E-state index is 0.401. The summed E-state index contributed by atoms with van der Waals surface area (Å²) >= 11 is 0. The molecule has 1 heterocycles. The van der Waals surface area contributed by atoms with Crippen molar-refractivity contribution in [2.24, 2.45) is 5.73 Å². The summed E-state index contributed by atoms with van der Waals surface area (Å²) in [5, 5.41) is 0. The van der Waals surface area contributed by atoms with Crippen LogP contribution in [0.3, 0.4) is 0 Å². The van der Waals surface area contributed by atoms with Gasteiger partial charge in [-0.3, -0.25) is 0 Å². The van der Waals surface area contributed by atoms with Gasteiger partial charge in [-0.15, -0.1) is 6.58 Å². The van der Waals surface area contributed by atoms with Crippen LogP contribution in [-0.2, 0) is 13.0 Å². The molecule has 94 valence electrons. The maximum atomic E-state index is 5.73. The molecule has 0 amide bonds. The summed E-state index contributed by atoms with van der Waals surface area (Å²) in [4.78, 5) is 6.89. The van der Waals surface area contributed by atoms with Crippen LogP contribution in [0.25, 0.3) is 0 Å². The van der Waals surface area contributed by atoms with E-state index in [4.69, 9.17) is 5.73 Å². The van der Waals surface area contributed by atoms with Gasteiger partial charge >= 0.3 is 0 Å². The SMILES string of the molecule is C=CCN(c1cc(CN)cc(CC)n1)C(C)C. The lowest BCUT2D eigenvalue weighted by Crippen LogP contribution is -2.31. The Morgan fingerprint density at radius 2 is 2.18 bits per heavy atom. The van der Waals surface area contributed by atoms with E-state index in [0.717, 1.165) is 30.0 Å². The second-order valence-corrected chi connectivity index (χ2v) is 4.42. The van der Waals surface area contributed by atoms with Crippen molar-refractivity contribution in [2.45, 2.75) is 39.8 Å². The number of hydrogen-bond acceptors (Lipinski definition) is 3. The van der Waals surface area contributed by atoms with Gasteiger partial charge in [0.15, 0.2) is 0 Å². The predicted octanol–water partition coefficient (Wildman–Crippen LogP) is 2.50. The minimum absolute atomic E-state index is 0.401. The first kappa shape index (κ1) is 13.7. The number of anilines is 1. The van der Waals surface area contributed by atoms with Crippen molar-refractivity contribution < 1.29 is 0 Å². The maximum Gasteiger partial charge on any atom is 0.129 e. The van der Waals surface area contributed by atoms with Gasteiger partial charge in [0.2, 0.25) is 0 Å². The third-order valence-corrected chi connectivity index (χ3v) is 2.77. The first-order chi connectivity index (χ1) is 8.12. The molecule has 0 spiro atoms. The fraction of sp³-hybridized carbons (Fsp3) is 0.500. The summed E-state index contributed by atoms with van der Waals surface area (Å²) in [5.41, 5.74) is 7.96. The van der Waals surface area contributed by atoms with E-state index in [0.29, 0.717) is 12.6 Å². The van der Waals surface area contributed by atoms with Crippen LogP contribution in [0.5, 0.6) is 0 Å². The summed E-state index contributed by atoms with van der Waals surface area (Å²) in [6, 6.07) is 4.55. The fourth-order valence-corrected chi connectivity index (χ4v) is 1.79. The number of nitrogens with two attached hydrogens (primary N) is 1. The summed E-state index contributed by atoms with van der Waals surface area (Å²) in [6.45, 7) is 11.6. The molecule has 0 saturated heterocycles. The van der Waals surface area contributed by atoms with Gasteiger partial charge in [0.25, 0.3) is 0 Å². The molecule has 1 rings (SSSR count). The van der Waals surface area contributed by atoms with Crippen molar-refractivity contribution in [1.82, 2.24) is 4.98 Å². The molecule has 3 nitrogen and oxygen atoms in total. The van der Waals surface area contributed by atoms with Crippen LogP contribution in [0.4, 0.5) is 5.82 Å². The van der Waals surface area contributed by atoms with E-state index in [9.17, 15) is 0 Å². The molecule has 0 aliphatic rings. The van der Waals surface area contributed by atoms with Gasteiger partial charge in [0, 0.05) is 24.8 Å². The van der Waals surface area contributed by atoms with Crippen LogP contribution in [-0.4, -0.2) is 17.6 Å². The molecule has 17 heavy (non-hydrogen) atoms. The monoisotopic (exact) mass is 233 g/mol. The summed E-state index contributed by atoms with van der Waals surface area (Å²) in [6.07, 6.45) is 2.84. The highest BCUT2D eigenvalue weighted by Gasteiger charge is 2.11. The van der Waals surface area contributed by atoms with E-state index < -0.39 is 0 Å². The molecule has 0 aromatic carbocycles. The zero-order chi connectivity index (χ0) is 12.8. The second kappa shape index (κ2) is 6.40. The van der Waals surface area contributed by atoms with Gasteiger partial charge in [-0.1, -0.05) is 13.0 Å². The molecule has 1 aromatic heterocycles. The molecule has 0 atom stereocenters. The number of hydrogen-bond donors (Lipinski definition) is 1. The largest absolute Gasteiger partial charge is 0.350 e. The molecule has 0 fully saturated rings. The van der Waals surface area contributed by atoms with Crippen LogP contribution in [0.15, 0.2) is 24.8 Å². The lowest BCUT2D eigenvalue weighted by molar-refractivity contribution is 0.708. The summed E-state index contributed by atoms with van der Waals surface area (Å²) < 4.78 is 0. The van der Waals surface area contributed by atoms with Gasteiger partial charge < -0.3 is 10.6 Å². The molecule has 0 radical (unpaired) electrons. The van der Waals surface area contributed by atoms with E-state index in [-0.39, 0.29) is 0 Å². The third kappa shape index (κ3) is 3.56. The Hall–Kier alpha value is -1.35. The maximum absolute atomic E-state index is 5.73. The highest BCUT2D eigenvalue weighted by Crippen LogP contribution is 2.18. The first-order valence-corrected chi connectivity index (χ1v) is 6.19. The van der Waals surface area contributed by atoms with E-state index in [1.165, 1.54) is 0 Å². The standard InChI is InChI=1S/C14H23N3/c1-5-7-17(11(3)4)14-9-12(10-15)8-13(6-2)16-14/h5,8-9,11H,1,6-7,10,15H2,2-4H3. The molecule has 2 N–H and O–H groups in total. The average molecular weight is 233 g/mol. The van der Waals surface area contributed by atoms with Crippen molar-refractivity contribution in [3.63, 3.8) is 0 Å². The van der Waals surface area contributed by atoms with E-state index in [1.54, 1.807) is 0 Å². The molecule has 0 aliphatic heterocycles. The lowest BCUT2D eigenvalue weighted by atomic mass is 10.1. The Labute approximate surface area is 104 Å². The Balaban J connectivity index is 3.12. The van der Waals surface area contributed by atoms with Gasteiger partial charge in [-0.05, 0) is 38.0 Å². The van der Waals surface area contributed by atoms with E-state index >= 15 is 0 Å². The Kier molecular flexibility index (Phi) is 5.16. The van der Waals surface area contributed by atoms with Gasteiger partial charge in [0.05, 0.1) is 0 Å².